The normalized spacial score (nSPS) is 14.0. The molecule has 1 heterocycles. The second kappa shape index (κ2) is 8.04. The average Bonchev–Trinajstić information content (AvgIpc) is 2.90. The second-order valence-corrected chi connectivity index (χ2v) is 5.29. The fraction of sp³-hybridized carbons (Fsp3) is 0.733. The molecule has 20 heavy (non-hydrogen) atoms. The molecule has 0 aliphatic carbocycles. The minimum absolute atomic E-state index is 0.205. The number of methoxy groups -OCH3 is 1. The summed E-state index contributed by atoms with van der Waals surface area (Å²) in [7, 11) is 1.44. The summed E-state index contributed by atoms with van der Waals surface area (Å²) in [4.78, 5) is 16.4. The van der Waals surface area contributed by atoms with Crippen molar-refractivity contribution in [3.05, 3.63) is 18.2 Å². The molecule has 0 aliphatic rings. The molecule has 0 amide bonds. The SMILES string of the molecule is CCCNC(C)(CCn1ccnc1CCC)C(=O)OC. The van der Waals surface area contributed by atoms with E-state index in [9.17, 15) is 4.79 Å². The number of imidazole rings is 1. The van der Waals surface area contributed by atoms with Crippen LogP contribution in [0, 0.1) is 0 Å². The molecule has 0 saturated heterocycles. The van der Waals surface area contributed by atoms with Gasteiger partial charge >= 0.3 is 5.97 Å². The van der Waals surface area contributed by atoms with E-state index in [1.54, 1.807) is 0 Å². The maximum atomic E-state index is 12.0. The molecule has 1 aromatic heterocycles. The van der Waals surface area contributed by atoms with Gasteiger partial charge in [0.1, 0.15) is 11.4 Å². The average molecular weight is 281 g/mol. The maximum Gasteiger partial charge on any atom is 0.325 e. The van der Waals surface area contributed by atoms with Crippen LogP contribution in [-0.2, 0) is 22.5 Å². The first-order valence-corrected chi connectivity index (χ1v) is 7.40. The van der Waals surface area contributed by atoms with Gasteiger partial charge in [0.15, 0.2) is 0 Å². The van der Waals surface area contributed by atoms with Crippen LogP contribution >= 0.6 is 0 Å². The molecule has 1 aromatic rings. The third-order valence-electron chi connectivity index (χ3n) is 3.53. The number of ether oxygens (including phenoxy) is 1. The van der Waals surface area contributed by atoms with E-state index in [0.717, 1.165) is 38.2 Å². The predicted molar refractivity (Wildman–Crippen MR) is 79.6 cm³/mol. The summed E-state index contributed by atoms with van der Waals surface area (Å²) in [6.07, 6.45) is 7.50. The number of carbonyl (C=O) groups is 1. The highest BCUT2D eigenvalue weighted by molar-refractivity contribution is 5.80. The van der Waals surface area contributed by atoms with Gasteiger partial charge in [-0.25, -0.2) is 4.98 Å². The Kier molecular flexibility index (Phi) is 6.71. The first-order chi connectivity index (χ1) is 9.57. The summed E-state index contributed by atoms with van der Waals surface area (Å²) in [5.74, 6) is 0.873. The molecule has 0 radical (unpaired) electrons. The van der Waals surface area contributed by atoms with Crippen molar-refractivity contribution in [1.29, 1.82) is 0 Å². The number of esters is 1. The lowest BCUT2D eigenvalue weighted by molar-refractivity contribution is -0.148. The molecule has 5 heteroatoms. The van der Waals surface area contributed by atoms with Crippen LogP contribution in [0.2, 0.25) is 0 Å². The third-order valence-corrected chi connectivity index (χ3v) is 3.53. The zero-order valence-electron chi connectivity index (χ0n) is 13.1. The van der Waals surface area contributed by atoms with Gasteiger partial charge in [-0.2, -0.15) is 0 Å². The largest absolute Gasteiger partial charge is 0.468 e. The van der Waals surface area contributed by atoms with E-state index >= 15 is 0 Å². The predicted octanol–water partition coefficient (Wildman–Crippen LogP) is 2.16. The van der Waals surface area contributed by atoms with Gasteiger partial charge in [-0.15, -0.1) is 0 Å². The van der Waals surface area contributed by atoms with Crippen LogP contribution in [0.3, 0.4) is 0 Å². The fourth-order valence-corrected chi connectivity index (χ4v) is 2.23. The van der Waals surface area contributed by atoms with Gasteiger partial charge < -0.3 is 14.6 Å². The van der Waals surface area contributed by atoms with Crippen LogP contribution in [0.15, 0.2) is 12.4 Å². The molecule has 0 aromatic carbocycles. The standard InChI is InChI=1S/C15H27N3O2/c1-5-7-13-16-10-12-18(13)11-8-15(3,14(19)20-4)17-9-6-2/h10,12,17H,5-9,11H2,1-4H3. The molecule has 114 valence electrons. The molecule has 0 aliphatic heterocycles. The number of hydrogen-bond acceptors (Lipinski definition) is 4. The number of nitrogens with one attached hydrogen (secondary N) is 1. The summed E-state index contributed by atoms with van der Waals surface area (Å²) in [5.41, 5.74) is -0.640. The first-order valence-electron chi connectivity index (χ1n) is 7.40. The van der Waals surface area contributed by atoms with Crippen molar-refractivity contribution in [2.45, 2.75) is 58.5 Å². The van der Waals surface area contributed by atoms with E-state index in [0.29, 0.717) is 6.42 Å². The molecule has 0 saturated carbocycles. The summed E-state index contributed by atoms with van der Waals surface area (Å²) >= 11 is 0. The number of rotatable bonds is 9. The van der Waals surface area contributed by atoms with Crippen molar-refractivity contribution in [2.75, 3.05) is 13.7 Å². The van der Waals surface area contributed by atoms with Crippen molar-refractivity contribution >= 4 is 5.97 Å². The molecular formula is C15H27N3O2. The second-order valence-electron chi connectivity index (χ2n) is 5.29. The minimum Gasteiger partial charge on any atom is -0.468 e. The molecule has 1 unspecified atom stereocenters. The van der Waals surface area contributed by atoms with Gasteiger partial charge in [0.25, 0.3) is 0 Å². The molecule has 1 atom stereocenters. The lowest BCUT2D eigenvalue weighted by atomic mass is 9.97. The van der Waals surface area contributed by atoms with Crippen LogP contribution in [0.1, 0.15) is 45.9 Å². The van der Waals surface area contributed by atoms with Gasteiger partial charge in [-0.1, -0.05) is 13.8 Å². The Morgan fingerprint density at radius 3 is 2.80 bits per heavy atom. The van der Waals surface area contributed by atoms with Crippen molar-refractivity contribution < 1.29 is 9.53 Å². The Hall–Kier alpha value is -1.36. The van der Waals surface area contributed by atoms with Crippen molar-refractivity contribution in [3.63, 3.8) is 0 Å². The molecule has 0 fully saturated rings. The molecule has 1 rings (SSSR count). The van der Waals surface area contributed by atoms with Crippen LogP contribution < -0.4 is 5.32 Å². The zero-order valence-corrected chi connectivity index (χ0v) is 13.1. The number of aromatic nitrogens is 2. The highest BCUT2D eigenvalue weighted by Gasteiger charge is 2.33. The molecular weight excluding hydrogens is 254 g/mol. The number of carbonyl (C=O) groups excluding carboxylic acids is 1. The number of hydrogen-bond donors (Lipinski definition) is 1. The van der Waals surface area contributed by atoms with Crippen LogP contribution in [-0.4, -0.2) is 34.7 Å². The van der Waals surface area contributed by atoms with Crippen molar-refractivity contribution in [3.8, 4) is 0 Å². The Morgan fingerprint density at radius 1 is 1.45 bits per heavy atom. The Morgan fingerprint density at radius 2 is 2.20 bits per heavy atom. The van der Waals surface area contributed by atoms with Gasteiger partial charge in [0.2, 0.25) is 0 Å². The van der Waals surface area contributed by atoms with Gasteiger partial charge in [0.05, 0.1) is 7.11 Å². The van der Waals surface area contributed by atoms with E-state index in [2.05, 4.69) is 28.7 Å². The summed E-state index contributed by atoms with van der Waals surface area (Å²) < 4.78 is 7.06. The minimum atomic E-state index is -0.640. The lowest BCUT2D eigenvalue weighted by Crippen LogP contribution is -2.51. The van der Waals surface area contributed by atoms with Crippen molar-refractivity contribution in [2.24, 2.45) is 0 Å². The lowest BCUT2D eigenvalue weighted by Gasteiger charge is -2.28. The third kappa shape index (κ3) is 4.34. The Balaban J connectivity index is 2.70. The summed E-state index contributed by atoms with van der Waals surface area (Å²) in [5, 5.41) is 3.30. The van der Waals surface area contributed by atoms with Gasteiger partial charge in [-0.05, 0) is 32.7 Å². The summed E-state index contributed by atoms with van der Waals surface area (Å²) in [6.45, 7) is 7.69. The Labute approximate surface area is 121 Å². The summed E-state index contributed by atoms with van der Waals surface area (Å²) in [6, 6.07) is 0. The van der Waals surface area contributed by atoms with Gasteiger partial charge in [-0.3, -0.25) is 4.79 Å². The number of nitrogens with zero attached hydrogens (tertiary/aromatic N) is 2. The van der Waals surface area contributed by atoms with Crippen LogP contribution in [0.25, 0.3) is 0 Å². The smallest absolute Gasteiger partial charge is 0.325 e. The Bertz CT molecular complexity index is 417. The topological polar surface area (TPSA) is 56.2 Å². The number of aryl methyl sites for hydroxylation is 2. The van der Waals surface area contributed by atoms with E-state index in [1.807, 2.05) is 19.3 Å². The molecule has 5 nitrogen and oxygen atoms in total. The maximum absolute atomic E-state index is 12.0. The molecule has 1 N–H and O–H groups in total. The van der Waals surface area contributed by atoms with Gasteiger partial charge in [0, 0.05) is 25.4 Å². The molecule has 0 spiro atoms. The van der Waals surface area contributed by atoms with Crippen molar-refractivity contribution in [1.82, 2.24) is 14.9 Å². The van der Waals surface area contributed by atoms with Crippen LogP contribution in [0.4, 0.5) is 0 Å². The van der Waals surface area contributed by atoms with E-state index < -0.39 is 5.54 Å². The quantitative estimate of drug-likeness (QED) is 0.705. The van der Waals surface area contributed by atoms with E-state index in [1.165, 1.54) is 7.11 Å². The molecule has 0 bridgehead atoms. The zero-order chi connectivity index (χ0) is 15.0. The fourth-order valence-electron chi connectivity index (χ4n) is 2.23. The van der Waals surface area contributed by atoms with E-state index in [-0.39, 0.29) is 5.97 Å². The monoisotopic (exact) mass is 281 g/mol. The first kappa shape index (κ1) is 16.7. The highest BCUT2D eigenvalue weighted by Crippen LogP contribution is 2.15. The highest BCUT2D eigenvalue weighted by atomic mass is 16.5. The van der Waals surface area contributed by atoms with Crippen LogP contribution in [0.5, 0.6) is 0 Å². The van der Waals surface area contributed by atoms with E-state index in [4.69, 9.17) is 4.74 Å².